The zero-order chi connectivity index (χ0) is 20.4. The fourth-order valence-corrected chi connectivity index (χ4v) is 4.40. The molecular formula is C21H31ClN2O4. The van der Waals surface area contributed by atoms with Gasteiger partial charge in [-0.15, -0.1) is 0 Å². The Morgan fingerprint density at radius 1 is 1.32 bits per heavy atom. The van der Waals surface area contributed by atoms with Gasteiger partial charge in [0.05, 0.1) is 10.6 Å². The van der Waals surface area contributed by atoms with E-state index in [9.17, 15) is 9.90 Å². The first-order valence-corrected chi connectivity index (χ1v) is 10.5. The van der Waals surface area contributed by atoms with Gasteiger partial charge in [0.15, 0.2) is 0 Å². The number of piperidine rings is 1. The van der Waals surface area contributed by atoms with E-state index in [0.717, 1.165) is 18.5 Å². The quantitative estimate of drug-likeness (QED) is 0.815. The van der Waals surface area contributed by atoms with E-state index < -0.39 is 11.2 Å². The van der Waals surface area contributed by atoms with Gasteiger partial charge >= 0.3 is 6.09 Å². The minimum absolute atomic E-state index is 0.102. The second-order valence-electron chi connectivity index (χ2n) is 8.90. The molecule has 2 fully saturated rings. The Bertz CT molecular complexity index is 660. The number of hydrogen-bond donors (Lipinski definition) is 1. The minimum Gasteiger partial charge on any atom is -0.444 e. The van der Waals surface area contributed by atoms with E-state index in [1.54, 1.807) is 11.1 Å². The number of carbonyl (C=O) groups is 1. The Kier molecular flexibility index (Phi) is 6.52. The maximum absolute atomic E-state index is 12.4. The number of rotatable bonds is 3. The summed E-state index contributed by atoms with van der Waals surface area (Å²) in [6, 6.07) is 3.75. The number of nitrogens with zero attached hydrogens (tertiary/aromatic N) is 2. The molecule has 28 heavy (non-hydrogen) atoms. The molecule has 2 saturated heterocycles. The highest BCUT2D eigenvalue weighted by Crippen LogP contribution is 2.44. The molecule has 0 aromatic carbocycles. The Labute approximate surface area is 172 Å². The fraction of sp³-hybridized carbons (Fsp3) is 0.714. The van der Waals surface area contributed by atoms with E-state index in [2.05, 4.69) is 4.98 Å². The molecule has 3 heterocycles. The van der Waals surface area contributed by atoms with Gasteiger partial charge in [0.1, 0.15) is 5.60 Å². The van der Waals surface area contributed by atoms with Gasteiger partial charge in [0, 0.05) is 44.1 Å². The predicted molar refractivity (Wildman–Crippen MR) is 108 cm³/mol. The molecule has 2 aliphatic rings. The van der Waals surface area contributed by atoms with E-state index >= 15 is 0 Å². The van der Waals surface area contributed by atoms with E-state index in [4.69, 9.17) is 21.1 Å². The lowest BCUT2D eigenvalue weighted by Gasteiger charge is -2.46. The van der Waals surface area contributed by atoms with Gasteiger partial charge in [0.25, 0.3) is 0 Å². The Morgan fingerprint density at radius 2 is 1.96 bits per heavy atom. The molecule has 1 atom stereocenters. The summed E-state index contributed by atoms with van der Waals surface area (Å²) in [7, 11) is 0. The molecule has 1 aromatic rings. The van der Waals surface area contributed by atoms with E-state index in [1.165, 1.54) is 0 Å². The van der Waals surface area contributed by atoms with Crippen molar-refractivity contribution >= 4 is 17.7 Å². The van der Waals surface area contributed by atoms with Gasteiger partial charge in [-0.2, -0.15) is 0 Å². The van der Waals surface area contributed by atoms with E-state index in [-0.39, 0.29) is 12.0 Å². The number of likely N-dealkylation sites (tertiary alicyclic amines) is 1. The average Bonchev–Trinajstić information content (AvgIpc) is 2.63. The van der Waals surface area contributed by atoms with Crippen molar-refractivity contribution in [2.45, 2.75) is 63.6 Å². The minimum atomic E-state index is -0.915. The standard InChI is InChI=1S/C21H31ClN2O4/c1-20(2,3)28-19(25)24-10-8-21(26,9-11-24)18(15-6-12-27-13-7-15)17-5-4-16(22)14-23-17/h4-5,14-15,18,26H,6-13H2,1-3H3/t18-/m1/s1. The van der Waals surface area contributed by atoms with Crippen molar-refractivity contribution in [2.75, 3.05) is 26.3 Å². The lowest BCUT2D eigenvalue weighted by atomic mass is 9.69. The summed E-state index contributed by atoms with van der Waals surface area (Å²) in [6.45, 7) is 7.93. The van der Waals surface area contributed by atoms with Gasteiger partial charge in [-0.25, -0.2) is 4.79 Å². The average molecular weight is 411 g/mol. The molecule has 3 rings (SSSR count). The normalized spacial score (nSPS) is 22.0. The monoisotopic (exact) mass is 410 g/mol. The molecule has 0 aliphatic carbocycles. The van der Waals surface area contributed by atoms with Crippen LogP contribution in [0.5, 0.6) is 0 Å². The maximum Gasteiger partial charge on any atom is 0.410 e. The molecule has 0 spiro atoms. The molecule has 1 amide bonds. The smallest absolute Gasteiger partial charge is 0.410 e. The van der Waals surface area contributed by atoms with Crippen LogP contribution in [0.25, 0.3) is 0 Å². The summed E-state index contributed by atoms with van der Waals surface area (Å²) >= 11 is 6.03. The first-order chi connectivity index (χ1) is 13.2. The van der Waals surface area contributed by atoms with Gasteiger partial charge in [-0.1, -0.05) is 11.6 Å². The van der Waals surface area contributed by atoms with Crippen LogP contribution in [0.15, 0.2) is 18.3 Å². The fourth-order valence-electron chi connectivity index (χ4n) is 4.29. The highest BCUT2D eigenvalue weighted by Gasteiger charge is 2.46. The van der Waals surface area contributed by atoms with Crippen LogP contribution >= 0.6 is 11.6 Å². The third-order valence-electron chi connectivity index (χ3n) is 5.67. The maximum atomic E-state index is 12.4. The van der Waals surface area contributed by atoms with Crippen LogP contribution in [0.2, 0.25) is 5.02 Å². The largest absolute Gasteiger partial charge is 0.444 e. The molecule has 6 nitrogen and oxygen atoms in total. The van der Waals surface area contributed by atoms with Crippen LogP contribution in [0.1, 0.15) is 58.1 Å². The van der Waals surface area contributed by atoms with Gasteiger partial charge in [-0.05, 0) is 64.5 Å². The number of halogens is 1. The summed E-state index contributed by atoms with van der Waals surface area (Å²) in [6.07, 6.45) is 4.11. The summed E-state index contributed by atoms with van der Waals surface area (Å²) in [5.74, 6) is 0.190. The topological polar surface area (TPSA) is 71.9 Å². The molecule has 0 unspecified atom stereocenters. The molecular weight excluding hydrogens is 380 g/mol. The predicted octanol–water partition coefficient (Wildman–Crippen LogP) is 4.01. The van der Waals surface area contributed by atoms with Crippen molar-refractivity contribution in [1.29, 1.82) is 0 Å². The SMILES string of the molecule is CC(C)(C)OC(=O)N1CCC(O)([C@@H](c2ccc(Cl)cn2)C2CCOCC2)CC1. The van der Waals surface area contributed by atoms with Crippen LogP contribution in [0.4, 0.5) is 4.79 Å². The van der Waals surface area contributed by atoms with Crippen LogP contribution in [-0.2, 0) is 9.47 Å². The molecule has 1 aromatic heterocycles. The van der Waals surface area contributed by atoms with Crippen LogP contribution in [-0.4, -0.2) is 58.6 Å². The van der Waals surface area contributed by atoms with Crippen LogP contribution in [0, 0.1) is 5.92 Å². The summed E-state index contributed by atoms with van der Waals surface area (Å²) in [4.78, 5) is 18.6. The second kappa shape index (κ2) is 8.56. The Hall–Kier alpha value is -1.37. The molecule has 1 N–H and O–H groups in total. The number of aromatic nitrogens is 1. The van der Waals surface area contributed by atoms with Crippen molar-refractivity contribution in [3.05, 3.63) is 29.0 Å². The zero-order valence-corrected chi connectivity index (χ0v) is 17.7. The number of pyridine rings is 1. The number of amides is 1. The Balaban J connectivity index is 1.76. The summed E-state index contributed by atoms with van der Waals surface area (Å²) in [5, 5.41) is 12.2. The van der Waals surface area contributed by atoms with Gasteiger partial charge in [-0.3, -0.25) is 4.98 Å². The summed E-state index contributed by atoms with van der Waals surface area (Å²) < 4.78 is 11.0. The zero-order valence-electron chi connectivity index (χ0n) is 17.0. The number of carbonyl (C=O) groups excluding carboxylic acids is 1. The lowest BCUT2D eigenvalue weighted by molar-refractivity contribution is -0.0735. The highest BCUT2D eigenvalue weighted by atomic mass is 35.5. The number of hydrogen-bond acceptors (Lipinski definition) is 5. The molecule has 0 saturated carbocycles. The van der Waals surface area contributed by atoms with E-state index in [1.807, 2.05) is 32.9 Å². The first kappa shape index (κ1) is 21.3. The third kappa shape index (κ3) is 5.16. The van der Waals surface area contributed by atoms with Crippen molar-refractivity contribution in [3.8, 4) is 0 Å². The van der Waals surface area contributed by atoms with Crippen molar-refractivity contribution < 1.29 is 19.4 Å². The van der Waals surface area contributed by atoms with Gasteiger partial charge < -0.3 is 19.5 Å². The Morgan fingerprint density at radius 3 is 2.50 bits per heavy atom. The van der Waals surface area contributed by atoms with Crippen LogP contribution < -0.4 is 0 Å². The summed E-state index contributed by atoms with van der Waals surface area (Å²) in [5.41, 5.74) is -0.575. The second-order valence-corrected chi connectivity index (χ2v) is 9.34. The van der Waals surface area contributed by atoms with Crippen molar-refractivity contribution in [3.63, 3.8) is 0 Å². The highest BCUT2D eigenvalue weighted by molar-refractivity contribution is 6.30. The molecule has 2 aliphatic heterocycles. The van der Waals surface area contributed by atoms with E-state index in [0.29, 0.717) is 50.1 Å². The van der Waals surface area contributed by atoms with Crippen LogP contribution in [0.3, 0.4) is 0 Å². The molecule has 156 valence electrons. The molecule has 0 bridgehead atoms. The molecule has 0 radical (unpaired) electrons. The third-order valence-corrected chi connectivity index (χ3v) is 5.89. The number of ether oxygens (including phenoxy) is 2. The number of aliphatic hydroxyl groups is 1. The van der Waals surface area contributed by atoms with Crippen molar-refractivity contribution in [2.24, 2.45) is 5.92 Å². The van der Waals surface area contributed by atoms with Gasteiger partial charge in [0.2, 0.25) is 0 Å². The first-order valence-electron chi connectivity index (χ1n) is 10.1. The van der Waals surface area contributed by atoms with Crippen molar-refractivity contribution in [1.82, 2.24) is 9.88 Å². The lowest BCUT2D eigenvalue weighted by Crippen LogP contribution is -2.52. The molecule has 7 heteroatoms.